The van der Waals surface area contributed by atoms with Gasteiger partial charge in [0.25, 0.3) is 0 Å². The molecule has 0 amide bonds. The molecule has 0 N–H and O–H groups in total. The van der Waals surface area contributed by atoms with Crippen LogP contribution in [0.4, 0.5) is 0 Å². The highest BCUT2D eigenvalue weighted by atomic mass is 32.2. The fraction of sp³-hybridized carbons (Fsp3) is 0.500. The number of thioether (sulfide) groups is 1. The van der Waals surface area contributed by atoms with Crippen molar-refractivity contribution in [2.24, 2.45) is 0 Å². The molecule has 0 fully saturated rings. The lowest BCUT2D eigenvalue weighted by Crippen LogP contribution is -1.77. The first-order valence-electron chi connectivity index (χ1n) is 1.61. The zero-order valence-electron chi connectivity index (χ0n) is 4.02. The Hall–Kier alpha value is -0.110. The summed E-state index contributed by atoms with van der Waals surface area (Å²) in [6.07, 6.45) is 1.94. The molecule has 0 bridgehead atoms. The normalized spacial score (nSPS) is 7.67. The maximum Gasteiger partial charge on any atom is 0.207 e. The summed E-state index contributed by atoms with van der Waals surface area (Å²) in [4.78, 5) is 0. The van der Waals surface area contributed by atoms with Crippen LogP contribution in [0.5, 0.6) is 0 Å². The molecule has 0 unspecified atom stereocenters. The number of rotatable bonds is 2. The quantitative estimate of drug-likeness (QED) is 0.379. The second-order valence-electron chi connectivity index (χ2n) is 0.840. The minimum Gasteiger partial charge on any atom is -0.393 e. The van der Waals surface area contributed by atoms with Crippen LogP contribution in [0.25, 0.3) is 0 Å². The van der Waals surface area contributed by atoms with Gasteiger partial charge in [-0.25, -0.2) is 0 Å². The van der Waals surface area contributed by atoms with Crippen LogP contribution in [-0.4, -0.2) is 13.0 Å². The van der Waals surface area contributed by atoms with E-state index in [1.807, 2.05) is 13.2 Å². The second-order valence-corrected chi connectivity index (χ2v) is 1.82. The molecule has 0 aliphatic heterocycles. The van der Waals surface area contributed by atoms with Gasteiger partial charge < -0.3 is 4.42 Å². The van der Waals surface area contributed by atoms with Gasteiger partial charge in [-0.3, -0.25) is 0 Å². The average Bonchev–Trinajstić information content (AvgIpc) is 1.65. The fourth-order valence-electron chi connectivity index (χ4n) is 0.0589. The van der Waals surface area contributed by atoms with E-state index in [2.05, 4.69) is 11.2 Å². The van der Waals surface area contributed by atoms with Crippen molar-refractivity contribution in [3.63, 3.8) is 0 Å². The van der Waals surface area contributed by atoms with Gasteiger partial charge in [0.1, 0.15) is 6.79 Å². The zero-order chi connectivity index (χ0) is 4.99. The molecule has 2 heteroatoms. The Labute approximate surface area is 42.4 Å². The third-order valence-electron chi connectivity index (χ3n) is 0.491. The summed E-state index contributed by atoms with van der Waals surface area (Å²) in [7, 11) is 0. The van der Waals surface area contributed by atoms with Crippen molar-refractivity contribution in [1.82, 2.24) is 0 Å². The van der Waals surface area contributed by atoms with E-state index in [1.54, 1.807) is 11.8 Å². The SMILES string of the molecule is C=[O+][C-](C)SC. The van der Waals surface area contributed by atoms with E-state index in [-0.39, 0.29) is 0 Å². The van der Waals surface area contributed by atoms with Gasteiger partial charge in [-0.1, -0.05) is 0 Å². The highest BCUT2D eigenvalue weighted by Crippen LogP contribution is 2.09. The molecule has 0 atom stereocenters. The van der Waals surface area contributed by atoms with Crippen molar-refractivity contribution in [3.05, 3.63) is 5.44 Å². The second kappa shape index (κ2) is 3.09. The minimum atomic E-state index is 0.898. The van der Waals surface area contributed by atoms with Gasteiger partial charge in [-0.2, -0.15) is 0 Å². The van der Waals surface area contributed by atoms with E-state index in [4.69, 9.17) is 0 Å². The molecule has 0 spiro atoms. The lowest BCUT2D eigenvalue weighted by molar-refractivity contribution is -0.407. The monoisotopic (exact) mass is 104 g/mol. The maximum atomic E-state index is 4.53. The predicted molar refractivity (Wildman–Crippen MR) is 29.6 cm³/mol. The van der Waals surface area contributed by atoms with Crippen molar-refractivity contribution in [3.8, 4) is 0 Å². The van der Waals surface area contributed by atoms with Gasteiger partial charge in [-0.05, 0) is 13.2 Å². The standard InChI is InChI=1S/C4H8OS/c1-4(5-2)6-3/h2H2,1,3H3. The molecular formula is C4H8OS. The van der Waals surface area contributed by atoms with Crippen molar-refractivity contribution < 1.29 is 4.42 Å². The molecule has 6 heavy (non-hydrogen) atoms. The van der Waals surface area contributed by atoms with Crippen LogP contribution in [0.2, 0.25) is 0 Å². The zero-order valence-corrected chi connectivity index (χ0v) is 4.84. The molecule has 36 valence electrons. The van der Waals surface area contributed by atoms with Crippen LogP contribution in [-0.2, 0) is 4.42 Å². The lowest BCUT2D eigenvalue weighted by atomic mass is 10.9. The van der Waals surface area contributed by atoms with Crippen LogP contribution in [0, 0.1) is 5.44 Å². The molecule has 0 aliphatic rings. The topological polar surface area (TPSA) is 11.3 Å². The fourth-order valence-corrected chi connectivity index (χ4v) is 0.177. The van der Waals surface area contributed by atoms with Crippen molar-refractivity contribution in [2.45, 2.75) is 6.92 Å². The summed E-state index contributed by atoms with van der Waals surface area (Å²) in [6.45, 7) is 5.07. The summed E-state index contributed by atoms with van der Waals surface area (Å²) < 4.78 is 4.53. The van der Waals surface area contributed by atoms with Crippen LogP contribution in [0.1, 0.15) is 6.92 Å². The lowest BCUT2D eigenvalue weighted by Gasteiger charge is -1.91. The van der Waals surface area contributed by atoms with E-state index in [1.165, 1.54) is 0 Å². The number of carbonyl (C=O) groups excluding carboxylic acids is 1. The average molecular weight is 104 g/mol. The Morgan fingerprint density at radius 3 is 2.33 bits per heavy atom. The Bertz CT molecular complexity index is 44.8. The first-order valence-corrected chi connectivity index (χ1v) is 2.83. The molecular weight excluding hydrogens is 96.1 g/mol. The van der Waals surface area contributed by atoms with Crippen LogP contribution in [0.3, 0.4) is 0 Å². The number of hydrogen-bond donors (Lipinski definition) is 0. The van der Waals surface area contributed by atoms with E-state index >= 15 is 0 Å². The van der Waals surface area contributed by atoms with Crippen LogP contribution in [0.15, 0.2) is 0 Å². The molecule has 0 rings (SSSR count). The molecule has 0 aromatic heterocycles. The summed E-state index contributed by atoms with van der Waals surface area (Å²) >= 11 is 1.56. The Morgan fingerprint density at radius 2 is 2.33 bits per heavy atom. The highest BCUT2D eigenvalue weighted by Gasteiger charge is 1.90. The van der Waals surface area contributed by atoms with Crippen LogP contribution >= 0.6 is 11.8 Å². The molecule has 0 aromatic rings. The van der Waals surface area contributed by atoms with E-state index in [9.17, 15) is 0 Å². The molecule has 0 aromatic carbocycles. The molecule has 0 heterocycles. The number of hydrogen-bond acceptors (Lipinski definition) is 1. The molecule has 0 aliphatic carbocycles. The first-order chi connectivity index (χ1) is 2.81. The summed E-state index contributed by atoms with van der Waals surface area (Å²) in [6, 6.07) is 0. The van der Waals surface area contributed by atoms with Crippen molar-refractivity contribution >= 4 is 18.6 Å². The van der Waals surface area contributed by atoms with Gasteiger partial charge >= 0.3 is 0 Å². The van der Waals surface area contributed by atoms with Crippen molar-refractivity contribution in [2.75, 3.05) is 6.26 Å². The third kappa shape index (κ3) is 2.15. The predicted octanol–water partition coefficient (Wildman–Crippen LogP) is 1.22. The summed E-state index contributed by atoms with van der Waals surface area (Å²) in [5, 5.41) is 0. The molecule has 1 nitrogen and oxygen atoms in total. The van der Waals surface area contributed by atoms with Gasteiger partial charge in [0.2, 0.25) is 5.44 Å². The summed E-state index contributed by atoms with van der Waals surface area (Å²) in [5.41, 5.74) is 0.898. The molecule has 0 saturated heterocycles. The van der Waals surface area contributed by atoms with E-state index < -0.39 is 0 Å². The Balaban J connectivity index is 2.96. The minimum absolute atomic E-state index is 0.898. The van der Waals surface area contributed by atoms with Gasteiger partial charge in [0.05, 0.1) is 0 Å². The van der Waals surface area contributed by atoms with E-state index in [0.717, 1.165) is 5.44 Å². The first kappa shape index (κ1) is 5.89. The third-order valence-corrected chi connectivity index (χ3v) is 1.18. The van der Waals surface area contributed by atoms with Gasteiger partial charge in [0.15, 0.2) is 0 Å². The van der Waals surface area contributed by atoms with Crippen LogP contribution < -0.4 is 0 Å². The molecule has 0 radical (unpaired) electrons. The van der Waals surface area contributed by atoms with Gasteiger partial charge in [-0.15, -0.1) is 11.8 Å². The highest BCUT2D eigenvalue weighted by molar-refractivity contribution is 8.01. The maximum absolute atomic E-state index is 4.53. The van der Waals surface area contributed by atoms with E-state index in [0.29, 0.717) is 0 Å². The Morgan fingerprint density at radius 1 is 1.83 bits per heavy atom. The molecule has 0 saturated carbocycles. The summed E-state index contributed by atoms with van der Waals surface area (Å²) in [5.74, 6) is 0. The van der Waals surface area contributed by atoms with Crippen molar-refractivity contribution in [1.29, 1.82) is 0 Å². The van der Waals surface area contributed by atoms with Gasteiger partial charge in [0, 0.05) is 0 Å². The largest absolute Gasteiger partial charge is 0.393 e. The Kier molecular flexibility index (Phi) is 3.04. The smallest absolute Gasteiger partial charge is 0.207 e.